The zero-order chi connectivity index (χ0) is 28.5. The molecular formula is C30H28N2O8. The van der Waals surface area contributed by atoms with Crippen LogP contribution in [0.15, 0.2) is 60.2 Å². The van der Waals surface area contributed by atoms with E-state index in [1.54, 1.807) is 49.4 Å². The molecule has 2 heterocycles. The first-order chi connectivity index (χ1) is 19.1. The number of hydrogen-bond donors (Lipinski definition) is 1. The highest BCUT2D eigenvalue weighted by atomic mass is 16.5. The Hall–Kier alpha value is -4.47. The molecule has 6 atom stereocenters. The van der Waals surface area contributed by atoms with Gasteiger partial charge in [0.05, 0.1) is 43.1 Å². The van der Waals surface area contributed by atoms with Gasteiger partial charge in [-0.25, -0.2) is 9.69 Å². The van der Waals surface area contributed by atoms with E-state index in [-0.39, 0.29) is 36.2 Å². The number of amides is 5. The number of anilines is 1. The predicted molar refractivity (Wildman–Crippen MR) is 140 cm³/mol. The number of rotatable bonds is 3. The number of phenolic OH excluding ortho intramolecular Hbond substituents is 1. The Morgan fingerprint density at radius 3 is 2.35 bits per heavy atom. The second-order valence-electron chi connectivity index (χ2n) is 10.9. The molecular weight excluding hydrogens is 516 g/mol. The minimum absolute atomic E-state index is 0.128. The van der Waals surface area contributed by atoms with Crippen molar-refractivity contribution in [2.45, 2.75) is 25.7 Å². The van der Waals surface area contributed by atoms with Crippen LogP contribution in [0.1, 0.15) is 31.2 Å². The van der Waals surface area contributed by atoms with E-state index >= 15 is 0 Å². The van der Waals surface area contributed by atoms with Crippen LogP contribution in [0.4, 0.5) is 10.5 Å². The van der Waals surface area contributed by atoms with E-state index in [4.69, 9.17) is 9.47 Å². The van der Waals surface area contributed by atoms with Crippen molar-refractivity contribution in [2.24, 2.45) is 29.1 Å². The molecule has 0 radical (unpaired) electrons. The highest BCUT2D eigenvalue weighted by Crippen LogP contribution is 2.63. The van der Waals surface area contributed by atoms with Gasteiger partial charge < -0.3 is 14.6 Å². The molecule has 2 aromatic carbocycles. The van der Waals surface area contributed by atoms with Crippen LogP contribution < -0.4 is 9.64 Å². The maximum atomic E-state index is 14.3. The Balaban J connectivity index is 1.52. The van der Waals surface area contributed by atoms with Crippen molar-refractivity contribution in [3.05, 3.63) is 65.7 Å². The molecule has 0 bridgehead atoms. The van der Waals surface area contributed by atoms with Gasteiger partial charge in [-0.2, -0.15) is 4.90 Å². The molecule has 1 N–H and O–H groups in total. The van der Waals surface area contributed by atoms with Gasteiger partial charge in [0.1, 0.15) is 0 Å². The second-order valence-corrected chi connectivity index (χ2v) is 10.9. The summed E-state index contributed by atoms with van der Waals surface area (Å²) < 4.78 is 9.93. The normalized spacial score (nSPS) is 31.0. The van der Waals surface area contributed by atoms with Gasteiger partial charge in [0.2, 0.25) is 23.6 Å². The van der Waals surface area contributed by atoms with E-state index in [0.717, 1.165) is 12.7 Å². The molecule has 6 rings (SSSR count). The van der Waals surface area contributed by atoms with Crippen molar-refractivity contribution in [3.8, 4) is 11.5 Å². The maximum absolute atomic E-state index is 14.3. The predicted octanol–water partition coefficient (Wildman–Crippen LogP) is 3.40. The number of aromatic hydroxyl groups is 1. The van der Waals surface area contributed by atoms with Gasteiger partial charge in [0.15, 0.2) is 11.5 Å². The molecule has 0 aromatic heterocycles. The van der Waals surface area contributed by atoms with Crippen molar-refractivity contribution >= 4 is 35.4 Å². The number of hydrogen-bond acceptors (Lipinski definition) is 8. The number of fused-ring (bicyclic) bond motifs is 4. The Labute approximate surface area is 230 Å². The quantitative estimate of drug-likeness (QED) is 0.460. The fourth-order valence-electron chi connectivity index (χ4n) is 7.38. The van der Waals surface area contributed by atoms with Crippen LogP contribution in [0.5, 0.6) is 11.5 Å². The lowest BCUT2D eigenvalue weighted by molar-refractivity contribution is -0.138. The third-order valence-electron chi connectivity index (χ3n) is 9.18. The smallest absolute Gasteiger partial charge is 0.423 e. The fourth-order valence-corrected chi connectivity index (χ4v) is 7.38. The second kappa shape index (κ2) is 9.04. The van der Waals surface area contributed by atoms with E-state index < -0.39 is 52.9 Å². The summed E-state index contributed by atoms with van der Waals surface area (Å²) >= 11 is 0. The first kappa shape index (κ1) is 25.8. The molecule has 2 saturated heterocycles. The van der Waals surface area contributed by atoms with Gasteiger partial charge in [-0.1, -0.05) is 35.9 Å². The lowest BCUT2D eigenvalue weighted by atomic mass is 9.51. The van der Waals surface area contributed by atoms with Crippen LogP contribution in [0, 0.1) is 29.1 Å². The minimum atomic E-state index is -1.24. The van der Waals surface area contributed by atoms with Crippen molar-refractivity contribution < 1.29 is 38.6 Å². The molecule has 10 heteroatoms. The highest BCUT2D eigenvalue weighted by Gasteiger charge is 2.68. The first-order valence-corrected chi connectivity index (χ1v) is 13.1. The summed E-state index contributed by atoms with van der Waals surface area (Å²) in [7, 11) is 2.53. The average molecular weight is 545 g/mol. The Morgan fingerprint density at radius 2 is 1.70 bits per heavy atom. The number of phenols is 1. The molecule has 1 saturated carbocycles. The summed E-state index contributed by atoms with van der Waals surface area (Å²) in [5.41, 5.74) is 0.534. The molecule has 40 heavy (non-hydrogen) atoms. The number of para-hydroxylation sites is 1. The van der Waals surface area contributed by atoms with Gasteiger partial charge in [0, 0.05) is 5.92 Å². The minimum Gasteiger partial charge on any atom is -0.504 e. The van der Waals surface area contributed by atoms with E-state index in [1.165, 1.54) is 18.1 Å². The molecule has 206 valence electrons. The molecule has 0 unspecified atom stereocenters. The maximum Gasteiger partial charge on any atom is 0.423 e. The van der Waals surface area contributed by atoms with Crippen molar-refractivity contribution in [1.29, 1.82) is 0 Å². The van der Waals surface area contributed by atoms with Gasteiger partial charge in [-0.05, 0) is 55.5 Å². The van der Waals surface area contributed by atoms with E-state index in [9.17, 15) is 29.1 Å². The Bertz CT molecular complexity index is 1500. The topological polar surface area (TPSA) is 131 Å². The number of methoxy groups -OCH3 is 2. The highest BCUT2D eigenvalue weighted by molar-refractivity contribution is 6.24. The number of allylic oxidation sites excluding steroid dienone is 2. The largest absolute Gasteiger partial charge is 0.504 e. The summed E-state index contributed by atoms with van der Waals surface area (Å²) in [6, 6.07) is 13.5. The van der Waals surface area contributed by atoms with Gasteiger partial charge in [0.25, 0.3) is 0 Å². The molecule has 3 fully saturated rings. The van der Waals surface area contributed by atoms with E-state index in [1.807, 2.05) is 6.08 Å². The number of carbonyl (C=O) groups is 5. The SMILES string of the molecule is COC(=O)N1C(=O)[C@H]2[C@H](CC=C3[C@H]2C[C@H]2C(=O)N(c4ccccc4)C(=O)[C@@]2(C)[C@H]3c2ccc(OC)c(O)c2)C1=O. The average Bonchev–Trinajstić information content (AvgIpc) is 3.32. The summed E-state index contributed by atoms with van der Waals surface area (Å²) in [4.78, 5) is 69.1. The summed E-state index contributed by atoms with van der Waals surface area (Å²) in [6.07, 6.45) is 1.18. The van der Waals surface area contributed by atoms with Gasteiger partial charge in [-0.3, -0.25) is 19.2 Å². The monoisotopic (exact) mass is 544 g/mol. The fraction of sp³-hybridized carbons (Fsp3) is 0.367. The number of imide groups is 4. The Kier molecular flexibility index (Phi) is 5.83. The standard InChI is InChI=1S/C30H28N2O8/c1-30-20(26(35)31(28(30)37)16-7-5-4-6-8-16)14-19-17(24(30)15-9-12-22(39-2)21(33)13-15)10-11-18-23(19)27(36)32(25(18)34)29(38)40-3/h4-10,12-13,18-20,23-24,33H,11,14H2,1-3H3/t18-,19+,20-,23-,24-,30+/m0/s1. The summed E-state index contributed by atoms with van der Waals surface area (Å²) in [5.74, 6) is -5.64. The van der Waals surface area contributed by atoms with Crippen molar-refractivity contribution in [3.63, 3.8) is 0 Å². The number of nitrogens with zero attached hydrogens (tertiary/aromatic N) is 2. The first-order valence-electron chi connectivity index (χ1n) is 13.1. The molecule has 10 nitrogen and oxygen atoms in total. The number of carbonyl (C=O) groups excluding carboxylic acids is 5. The molecule has 4 aliphatic rings. The molecule has 2 aliphatic heterocycles. The van der Waals surface area contributed by atoms with Crippen molar-refractivity contribution in [2.75, 3.05) is 19.1 Å². The Morgan fingerprint density at radius 1 is 0.975 bits per heavy atom. The lowest BCUT2D eigenvalue weighted by Gasteiger charge is -2.49. The van der Waals surface area contributed by atoms with Crippen LogP contribution in [0.25, 0.3) is 0 Å². The summed E-state index contributed by atoms with van der Waals surface area (Å²) in [6.45, 7) is 1.76. The summed E-state index contributed by atoms with van der Waals surface area (Å²) in [5, 5.41) is 10.7. The third-order valence-corrected chi connectivity index (χ3v) is 9.18. The van der Waals surface area contributed by atoms with Gasteiger partial charge >= 0.3 is 6.09 Å². The van der Waals surface area contributed by atoms with Crippen LogP contribution in [0.2, 0.25) is 0 Å². The van der Waals surface area contributed by atoms with Crippen LogP contribution in [-0.4, -0.2) is 53.9 Å². The van der Waals surface area contributed by atoms with Gasteiger partial charge in [-0.15, -0.1) is 0 Å². The number of benzene rings is 2. The lowest BCUT2D eigenvalue weighted by Crippen LogP contribution is -2.49. The molecule has 0 spiro atoms. The van der Waals surface area contributed by atoms with Crippen molar-refractivity contribution in [1.82, 2.24) is 4.90 Å². The number of ether oxygens (including phenoxy) is 2. The zero-order valence-corrected chi connectivity index (χ0v) is 22.2. The van der Waals surface area contributed by atoms with Crippen LogP contribution >= 0.6 is 0 Å². The van der Waals surface area contributed by atoms with Crippen LogP contribution in [0.3, 0.4) is 0 Å². The number of likely N-dealkylation sites (tertiary alicyclic amines) is 1. The van der Waals surface area contributed by atoms with E-state index in [0.29, 0.717) is 16.2 Å². The zero-order valence-electron chi connectivity index (χ0n) is 22.2. The third kappa shape index (κ3) is 3.31. The van der Waals surface area contributed by atoms with Crippen LogP contribution in [-0.2, 0) is 23.9 Å². The van der Waals surface area contributed by atoms with E-state index in [2.05, 4.69) is 0 Å². The molecule has 5 amide bonds. The molecule has 2 aromatic rings. The molecule has 2 aliphatic carbocycles.